The van der Waals surface area contributed by atoms with E-state index in [4.69, 9.17) is 28.7 Å². The number of hydrogen-bond acceptors (Lipinski definition) is 8. The van der Waals surface area contributed by atoms with Gasteiger partial charge in [-0.25, -0.2) is 4.79 Å². The Bertz CT molecular complexity index is 817. The molecular weight excluding hydrogens is 498 g/mol. The van der Waals surface area contributed by atoms with Gasteiger partial charge in [0.05, 0.1) is 6.04 Å². The van der Waals surface area contributed by atoms with Crippen molar-refractivity contribution in [3.63, 3.8) is 0 Å². The smallest absolute Gasteiger partial charge is 0.326 e. The van der Waals surface area contributed by atoms with Crippen molar-refractivity contribution in [1.82, 2.24) is 16.0 Å². The molecule has 4 unspecified atom stereocenters. The molecule has 0 saturated heterocycles. The van der Waals surface area contributed by atoms with Crippen LogP contribution in [0.1, 0.15) is 65.2 Å². The maximum Gasteiger partial charge on any atom is 0.326 e. The topological polar surface area (TPSA) is 284 Å². The number of unbranched alkanes of at least 4 members (excludes halogenated alkanes) is 1. The van der Waals surface area contributed by atoms with Crippen molar-refractivity contribution in [1.29, 1.82) is 0 Å². The molecule has 0 aromatic rings. The second kappa shape index (κ2) is 18.7. The van der Waals surface area contributed by atoms with Crippen LogP contribution in [0.25, 0.3) is 0 Å². The van der Waals surface area contributed by atoms with Crippen LogP contribution in [0.5, 0.6) is 0 Å². The summed E-state index contributed by atoms with van der Waals surface area (Å²) in [5.74, 6) is -4.16. The van der Waals surface area contributed by atoms with Crippen LogP contribution in [0.2, 0.25) is 0 Å². The summed E-state index contributed by atoms with van der Waals surface area (Å²) >= 11 is 0. The highest BCUT2D eigenvalue weighted by atomic mass is 16.4. The number of aliphatic carboxylic acids is 1. The molecule has 0 aliphatic rings. The number of nitrogens with one attached hydrogen (secondary N) is 3. The maximum atomic E-state index is 13.1. The van der Waals surface area contributed by atoms with Crippen molar-refractivity contribution in [2.45, 2.75) is 89.4 Å². The number of rotatable bonds is 20. The van der Waals surface area contributed by atoms with Gasteiger partial charge in [0, 0.05) is 13.0 Å². The molecule has 0 aliphatic heterocycles. The molecule has 0 saturated carbocycles. The van der Waals surface area contributed by atoms with E-state index in [1.807, 2.05) is 13.8 Å². The largest absolute Gasteiger partial charge is 0.480 e. The molecule has 0 radical (unpaired) electrons. The Kier molecular flexibility index (Phi) is 17.0. The lowest BCUT2D eigenvalue weighted by Crippen LogP contribution is -2.57. The molecule has 15 heteroatoms. The highest BCUT2D eigenvalue weighted by Crippen LogP contribution is 2.09. The maximum absolute atomic E-state index is 13.1. The molecule has 0 heterocycles. The molecule has 0 rings (SSSR count). The fourth-order valence-electron chi connectivity index (χ4n) is 3.48. The van der Waals surface area contributed by atoms with Gasteiger partial charge in [-0.1, -0.05) is 20.3 Å². The van der Waals surface area contributed by atoms with E-state index in [0.717, 1.165) is 0 Å². The van der Waals surface area contributed by atoms with Crippen LogP contribution in [-0.4, -0.2) is 77.9 Å². The Morgan fingerprint density at radius 2 is 1.37 bits per heavy atom. The van der Waals surface area contributed by atoms with Gasteiger partial charge in [-0.2, -0.15) is 0 Å². The quantitative estimate of drug-likeness (QED) is 0.0436. The Morgan fingerprint density at radius 1 is 0.789 bits per heavy atom. The summed E-state index contributed by atoms with van der Waals surface area (Å²) in [6, 6.07) is -4.42. The van der Waals surface area contributed by atoms with Gasteiger partial charge < -0.3 is 49.7 Å². The number of nitrogens with zero attached hydrogens (tertiary/aromatic N) is 1. The zero-order chi connectivity index (χ0) is 29.3. The summed E-state index contributed by atoms with van der Waals surface area (Å²) in [7, 11) is 0. The number of guanidine groups is 1. The van der Waals surface area contributed by atoms with E-state index in [1.165, 1.54) is 0 Å². The molecular formula is C23H45N9O6. The molecule has 0 bridgehead atoms. The van der Waals surface area contributed by atoms with Gasteiger partial charge >= 0.3 is 5.97 Å². The van der Waals surface area contributed by atoms with Crippen LogP contribution < -0.4 is 44.6 Å². The Morgan fingerprint density at radius 3 is 1.89 bits per heavy atom. The van der Waals surface area contributed by atoms with Gasteiger partial charge in [0.1, 0.15) is 18.1 Å². The first kappa shape index (κ1) is 34.5. The van der Waals surface area contributed by atoms with Crippen LogP contribution in [0.3, 0.4) is 0 Å². The number of carboxylic acids is 1. The number of aliphatic imine (C=N–C) groups is 1. The molecule has 0 fully saturated rings. The summed E-state index contributed by atoms with van der Waals surface area (Å²) in [6.07, 6.45) is 1.87. The predicted molar refractivity (Wildman–Crippen MR) is 142 cm³/mol. The SMILES string of the molecule is CC(C)CC(NC(=O)C(N)CCCCN)C(=O)NC(CCC(N)=O)C(=O)NC(CCCN=C(N)N)C(=O)O. The highest BCUT2D eigenvalue weighted by molar-refractivity contribution is 5.94. The first-order chi connectivity index (χ1) is 17.8. The zero-order valence-electron chi connectivity index (χ0n) is 22.3. The fourth-order valence-corrected chi connectivity index (χ4v) is 3.48. The molecule has 0 aromatic heterocycles. The second-order valence-corrected chi connectivity index (χ2v) is 9.50. The van der Waals surface area contributed by atoms with E-state index in [2.05, 4.69) is 20.9 Å². The van der Waals surface area contributed by atoms with Crippen molar-refractivity contribution < 1.29 is 29.1 Å². The van der Waals surface area contributed by atoms with Gasteiger partial charge in [0.2, 0.25) is 23.6 Å². The van der Waals surface area contributed by atoms with E-state index < -0.39 is 53.8 Å². The Hall–Kier alpha value is -3.46. The summed E-state index contributed by atoms with van der Waals surface area (Å²) in [6.45, 7) is 4.34. The van der Waals surface area contributed by atoms with E-state index in [1.54, 1.807) is 0 Å². The lowest BCUT2D eigenvalue weighted by molar-refractivity contribution is -0.142. The van der Waals surface area contributed by atoms with Gasteiger partial charge in [-0.05, 0) is 51.0 Å². The van der Waals surface area contributed by atoms with Crippen LogP contribution >= 0.6 is 0 Å². The fraction of sp³-hybridized carbons (Fsp3) is 0.739. The van der Waals surface area contributed by atoms with E-state index in [0.29, 0.717) is 25.8 Å². The predicted octanol–water partition coefficient (Wildman–Crippen LogP) is -2.65. The molecule has 4 atom stereocenters. The molecule has 38 heavy (non-hydrogen) atoms. The summed E-state index contributed by atoms with van der Waals surface area (Å²) in [5, 5.41) is 17.0. The third-order valence-corrected chi connectivity index (χ3v) is 5.52. The van der Waals surface area contributed by atoms with E-state index in [9.17, 15) is 29.1 Å². The average molecular weight is 544 g/mol. The van der Waals surface area contributed by atoms with Crippen molar-refractivity contribution in [2.24, 2.45) is 39.6 Å². The highest BCUT2D eigenvalue weighted by Gasteiger charge is 2.30. The molecule has 0 aliphatic carbocycles. The van der Waals surface area contributed by atoms with E-state index >= 15 is 0 Å². The summed E-state index contributed by atoms with van der Waals surface area (Å²) < 4.78 is 0. The van der Waals surface area contributed by atoms with Crippen molar-refractivity contribution in [2.75, 3.05) is 13.1 Å². The monoisotopic (exact) mass is 543 g/mol. The number of carboxylic acid groups (broad SMARTS) is 1. The van der Waals surface area contributed by atoms with Gasteiger partial charge in [-0.15, -0.1) is 0 Å². The normalized spacial score (nSPS) is 14.0. The minimum absolute atomic E-state index is 0.000909. The standard InChI is InChI=1S/C23H45N9O6/c1-13(2)12-17(32-19(34)14(25)6-3-4-10-24)21(36)30-15(8-9-18(26)33)20(35)31-16(22(37)38)7-5-11-29-23(27)28/h13-17H,3-12,24-25H2,1-2H3,(H2,26,33)(H,30,36)(H,31,35)(H,32,34)(H,37,38)(H4,27,28,29). The minimum Gasteiger partial charge on any atom is -0.480 e. The summed E-state index contributed by atoms with van der Waals surface area (Å²) in [5.41, 5.74) is 27.1. The van der Waals surface area contributed by atoms with Gasteiger partial charge in [0.25, 0.3) is 0 Å². The van der Waals surface area contributed by atoms with Crippen LogP contribution in [0.15, 0.2) is 4.99 Å². The molecule has 218 valence electrons. The lowest BCUT2D eigenvalue weighted by atomic mass is 10.0. The third-order valence-electron chi connectivity index (χ3n) is 5.52. The lowest BCUT2D eigenvalue weighted by Gasteiger charge is -2.26. The third kappa shape index (κ3) is 15.6. The number of nitrogens with two attached hydrogens (primary N) is 5. The first-order valence-corrected chi connectivity index (χ1v) is 12.7. The average Bonchev–Trinajstić information content (AvgIpc) is 2.82. The van der Waals surface area contributed by atoms with Gasteiger partial charge in [0.15, 0.2) is 5.96 Å². The summed E-state index contributed by atoms with van der Waals surface area (Å²) in [4.78, 5) is 65.4. The van der Waals surface area contributed by atoms with Crippen LogP contribution in [-0.2, 0) is 24.0 Å². The molecule has 4 amide bonds. The van der Waals surface area contributed by atoms with E-state index in [-0.39, 0.29) is 50.5 Å². The Balaban J connectivity index is 5.50. The van der Waals surface area contributed by atoms with Crippen molar-refractivity contribution >= 4 is 35.6 Å². The van der Waals surface area contributed by atoms with Crippen LogP contribution in [0.4, 0.5) is 0 Å². The molecule has 14 N–H and O–H groups in total. The second-order valence-electron chi connectivity index (χ2n) is 9.50. The molecule has 0 aromatic carbocycles. The first-order valence-electron chi connectivity index (χ1n) is 12.7. The number of carbonyl (C=O) groups is 5. The number of primary amides is 1. The number of amides is 4. The number of hydrogen-bond donors (Lipinski definition) is 9. The van der Waals surface area contributed by atoms with Crippen molar-refractivity contribution in [3.8, 4) is 0 Å². The Labute approximate surface area is 223 Å². The van der Waals surface area contributed by atoms with Crippen molar-refractivity contribution in [3.05, 3.63) is 0 Å². The molecule has 15 nitrogen and oxygen atoms in total. The molecule has 0 spiro atoms. The zero-order valence-corrected chi connectivity index (χ0v) is 22.3. The van der Waals surface area contributed by atoms with Crippen LogP contribution in [0, 0.1) is 5.92 Å². The minimum atomic E-state index is -1.29. The number of carbonyl (C=O) groups excluding carboxylic acids is 4. The van der Waals surface area contributed by atoms with Gasteiger partial charge in [-0.3, -0.25) is 24.2 Å².